The van der Waals surface area contributed by atoms with E-state index in [1.54, 1.807) is 32.3 Å². The third kappa shape index (κ3) is 5.88. The first-order chi connectivity index (χ1) is 12.4. The van der Waals surface area contributed by atoms with Gasteiger partial charge in [0.15, 0.2) is 6.19 Å². The summed E-state index contributed by atoms with van der Waals surface area (Å²) in [5.41, 5.74) is 0.514. The highest BCUT2D eigenvalue weighted by Gasteiger charge is 2.23. The van der Waals surface area contributed by atoms with E-state index >= 15 is 0 Å². The minimum absolute atomic E-state index is 0.0421. The Labute approximate surface area is 155 Å². The summed E-state index contributed by atoms with van der Waals surface area (Å²) in [6.07, 6.45) is 11.3. The number of anilines is 1. The zero-order valence-electron chi connectivity index (χ0n) is 15.2. The van der Waals surface area contributed by atoms with Crippen LogP contribution < -0.4 is 15.4 Å². The van der Waals surface area contributed by atoms with Crippen molar-refractivity contribution in [1.82, 2.24) is 15.0 Å². The molecule has 2 rings (SSSR count). The number of nitrogens with one attached hydrogen (secondary N) is 3. The summed E-state index contributed by atoms with van der Waals surface area (Å²) in [5, 5.41) is 14.4. The molecule has 8 nitrogen and oxygen atoms in total. The predicted molar refractivity (Wildman–Crippen MR) is 101 cm³/mol. The van der Waals surface area contributed by atoms with Crippen molar-refractivity contribution < 1.29 is 8.42 Å². The molecule has 0 saturated heterocycles. The van der Waals surface area contributed by atoms with E-state index < -0.39 is 10.0 Å². The van der Waals surface area contributed by atoms with Crippen LogP contribution >= 0.6 is 0 Å². The summed E-state index contributed by atoms with van der Waals surface area (Å²) in [6, 6.07) is 1.73. The van der Waals surface area contributed by atoms with Gasteiger partial charge in [-0.05, 0) is 32.8 Å². The number of pyridine rings is 1. The molecule has 0 spiro atoms. The Bertz CT molecular complexity index is 762. The van der Waals surface area contributed by atoms with E-state index in [9.17, 15) is 8.42 Å². The van der Waals surface area contributed by atoms with Gasteiger partial charge in [-0.3, -0.25) is 10.3 Å². The number of hydrogen-bond acceptors (Lipinski definition) is 6. The van der Waals surface area contributed by atoms with Crippen molar-refractivity contribution in [1.29, 1.82) is 5.26 Å². The molecule has 0 radical (unpaired) electrons. The first-order valence-electron chi connectivity index (χ1n) is 8.88. The lowest BCUT2D eigenvalue weighted by Gasteiger charge is -2.20. The molecule has 0 bridgehead atoms. The fourth-order valence-corrected chi connectivity index (χ4v) is 4.02. The van der Waals surface area contributed by atoms with Gasteiger partial charge < -0.3 is 5.32 Å². The lowest BCUT2D eigenvalue weighted by Crippen LogP contribution is -2.39. The fraction of sp³-hybridized carbons (Fsp3) is 0.588. The van der Waals surface area contributed by atoms with E-state index in [4.69, 9.17) is 5.26 Å². The average Bonchev–Trinajstić information content (AvgIpc) is 2.83. The third-order valence-corrected chi connectivity index (χ3v) is 5.45. The van der Waals surface area contributed by atoms with E-state index in [1.165, 1.54) is 19.0 Å². The van der Waals surface area contributed by atoms with Crippen molar-refractivity contribution in [3.8, 4) is 6.19 Å². The fourth-order valence-electron chi connectivity index (χ4n) is 2.93. The minimum atomic E-state index is -3.94. The molecule has 1 aromatic rings. The molecule has 142 valence electrons. The first-order valence-corrected chi connectivity index (χ1v) is 10.4. The predicted octanol–water partition coefficient (Wildman–Crippen LogP) is 2.33. The van der Waals surface area contributed by atoms with Crippen molar-refractivity contribution in [3.63, 3.8) is 0 Å². The van der Waals surface area contributed by atoms with Crippen LogP contribution in [-0.2, 0) is 10.0 Å². The molecule has 9 heteroatoms. The highest BCUT2D eigenvalue weighted by molar-refractivity contribution is 7.90. The highest BCUT2D eigenvalue weighted by atomic mass is 32.2. The van der Waals surface area contributed by atoms with E-state index in [1.807, 2.05) is 0 Å². The Balaban J connectivity index is 2.24. The van der Waals surface area contributed by atoms with Crippen LogP contribution in [0.4, 0.5) is 5.69 Å². The average molecular weight is 379 g/mol. The number of nitriles is 1. The van der Waals surface area contributed by atoms with E-state index in [0.717, 1.165) is 25.7 Å². The van der Waals surface area contributed by atoms with E-state index in [0.29, 0.717) is 5.69 Å². The van der Waals surface area contributed by atoms with Crippen LogP contribution in [0.5, 0.6) is 0 Å². The SMILES string of the molecule is CC(C)N=C(NC#N)NS(=O)(=O)c1cnccc1NC1CCCCCC1. The number of nitrogens with zero attached hydrogens (tertiary/aromatic N) is 3. The minimum Gasteiger partial charge on any atom is -0.381 e. The normalized spacial score (nSPS) is 16.6. The van der Waals surface area contributed by atoms with Crippen LogP contribution in [0.25, 0.3) is 0 Å². The maximum absolute atomic E-state index is 12.8. The van der Waals surface area contributed by atoms with Crippen LogP contribution in [0.1, 0.15) is 52.4 Å². The number of rotatable bonds is 5. The topological polar surface area (TPSA) is 119 Å². The maximum atomic E-state index is 12.8. The first kappa shape index (κ1) is 20.0. The largest absolute Gasteiger partial charge is 0.381 e. The molecule has 0 unspecified atom stereocenters. The van der Waals surface area contributed by atoms with Gasteiger partial charge in [-0.25, -0.2) is 18.1 Å². The quantitative estimate of drug-likeness (QED) is 0.238. The molecular weight excluding hydrogens is 352 g/mol. The summed E-state index contributed by atoms with van der Waals surface area (Å²) in [7, 11) is -3.94. The van der Waals surface area contributed by atoms with Gasteiger partial charge in [0.25, 0.3) is 10.0 Å². The Hall–Kier alpha value is -2.34. The van der Waals surface area contributed by atoms with Crippen molar-refractivity contribution in [2.45, 2.75) is 69.4 Å². The molecule has 1 aromatic heterocycles. The van der Waals surface area contributed by atoms with Crippen LogP contribution in [0.2, 0.25) is 0 Å². The Morgan fingerprint density at radius 3 is 2.62 bits per heavy atom. The van der Waals surface area contributed by atoms with Gasteiger partial charge in [0.05, 0.1) is 5.69 Å². The molecule has 0 amide bonds. The highest BCUT2D eigenvalue weighted by Crippen LogP contribution is 2.25. The third-order valence-electron chi connectivity index (χ3n) is 4.08. The molecule has 1 fully saturated rings. The molecule has 1 heterocycles. The standard InChI is InChI=1S/C17H26N6O2S/c1-13(2)21-17(20-12-18)23-26(24,25)16-11-19-10-9-15(16)22-14-7-5-3-4-6-8-14/h9-11,13-14H,3-8H2,1-2H3,(H,19,22)(H2,20,21,23). The van der Waals surface area contributed by atoms with Crippen LogP contribution in [0.15, 0.2) is 28.3 Å². The van der Waals surface area contributed by atoms with Gasteiger partial charge in [-0.15, -0.1) is 0 Å². The van der Waals surface area contributed by atoms with Gasteiger partial charge in [-0.2, -0.15) is 5.26 Å². The molecule has 0 atom stereocenters. The molecule has 1 aliphatic rings. The number of guanidine groups is 1. The van der Waals surface area contributed by atoms with Crippen molar-refractivity contribution in [2.24, 2.45) is 4.99 Å². The second-order valence-electron chi connectivity index (χ2n) is 6.62. The number of hydrogen-bond donors (Lipinski definition) is 3. The van der Waals surface area contributed by atoms with Crippen LogP contribution in [0.3, 0.4) is 0 Å². The van der Waals surface area contributed by atoms with Crippen LogP contribution in [-0.4, -0.2) is 31.4 Å². The van der Waals surface area contributed by atoms with Gasteiger partial charge in [0, 0.05) is 24.5 Å². The number of aromatic nitrogens is 1. The zero-order valence-corrected chi connectivity index (χ0v) is 16.0. The Morgan fingerprint density at radius 2 is 2.00 bits per heavy atom. The lowest BCUT2D eigenvalue weighted by atomic mass is 10.1. The summed E-state index contributed by atoms with van der Waals surface area (Å²) in [6.45, 7) is 3.58. The molecule has 0 aromatic carbocycles. The van der Waals surface area contributed by atoms with Gasteiger partial charge in [0.1, 0.15) is 4.90 Å². The Kier molecular flexibility index (Phi) is 7.21. The molecule has 1 aliphatic carbocycles. The van der Waals surface area contributed by atoms with E-state index in [-0.39, 0.29) is 22.9 Å². The second-order valence-corrected chi connectivity index (χ2v) is 8.27. The van der Waals surface area contributed by atoms with Crippen molar-refractivity contribution >= 4 is 21.7 Å². The molecule has 3 N–H and O–H groups in total. The molecular formula is C17H26N6O2S. The zero-order chi connectivity index (χ0) is 19.0. The number of aliphatic imine (C=N–C) groups is 1. The summed E-state index contributed by atoms with van der Waals surface area (Å²) >= 11 is 0. The van der Waals surface area contributed by atoms with Crippen molar-refractivity contribution in [3.05, 3.63) is 18.5 Å². The van der Waals surface area contributed by atoms with Gasteiger partial charge in [-0.1, -0.05) is 25.7 Å². The molecule has 0 aliphatic heterocycles. The number of sulfonamides is 1. The van der Waals surface area contributed by atoms with Gasteiger partial charge >= 0.3 is 0 Å². The monoisotopic (exact) mass is 378 g/mol. The summed E-state index contributed by atoms with van der Waals surface area (Å²) in [4.78, 5) is 8.08. The van der Waals surface area contributed by atoms with Gasteiger partial charge in [0.2, 0.25) is 5.96 Å². The summed E-state index contributed by atoms with van der Waals surface area (Å²) in [5.74, 6) is -0.105. The molecule has 26 heavy (non-hydrogen) atoms. The second kappa shape index (κ2) is 9.38. The van der Waals surface area contributed by atoms with Crippen LogP contribution in [0, 0.1) is 11.5 Å². The lowest BCUT2D eigenvalue weighted by molar-refractivity contribution is 0.589. The van der Waals surface area contributed by atoms with E-state index in [2.05, 4.69) is 25.3 Å². The van der Waals surface area contributed by atoms with Crippen molar-refractivity contribution in [2.75, 3.05) is 5.32 Å². The molecule has 1 saturated carbocycles. The summed E-state index contributed by atoms with van der Waals surface area (Å²) < 4.78 is 28.0. The maximum Gasteiger partial charge on any atom is 0.267 e. The smallest absolute Gasteiger partial charge is 0.267 e. The Morgan fingerprint density at radius 1 is 1.31 bits per heavy atom.